The third-order valence-electron chi connectivity index (χ3n) is 4.88. The Balaban J connectivity index is 1.76. The molecule has 0 aliphatic carbocycles. The Morgan fingerprint density at radius 3 is 2.45 bits per heavy atom. The molecule has 0 bridgehead atoms. The van der Waals surface area contributed by atoms with E-state index in [1.165, 1.54) is 22.9 Å². The summed E-state index contributed by atoms with van der Waals surface area (Å²) in [6, 6.07) is 10.1. The second-order valence-corrected chi connectivity index (χ2v) is 9.20. The smallest absolute Gasteiger partial charge is 0.245 e. The number of carbonyl (C=O) groups is 1. The van der Waals surface area contributed by atoms with Crippen LogP contribution in [0.15, 0.2) is 53.6 Å². The molecule has 31 heavy (non-hydrogen) atoms. The summed E-state index contributed by atoms with van der Waals surface area (Å²) in [5.74, 6) is -0.674. The molecular weight excluding hydrogens is 421 g/mol. The normalized spacial score (nSPS) is 12.7. The first kappa shape index (κ1) is 22.6. The number of sulfonamides is 1. The van der Waals surface area contributed by atoms with Crippen LogP contribution >= 0.6 is 0 Å². The third-order valence-corrected chi connectivity index (χ3v) is 5.81. The summed E-state index contributed by atoms with van der Waals surface area (Å²) in [5.41, 5.74) is 2.33. The SMILES string of the molecule is Cc1ccc(CNC(=O)[C@H](C(C)C)n2cc(-c3ccc(S(N)(=O)=O)cc3)nn2)cc1F. The molecule has 164 valence electrons. The molecule has 0 aliphatic heterocycles. The number of primary sulfonamides is 1. The second kappa shape index (κ2) is 8.94. The first-order valence-electron chi connectivity index (χ1n) is 9.64. The van der Waals surface area contributed by atoms with Gasteiger partial charge in [0.15, 0.2) is 0 Å². The predicted octanol–water partition coefficient (Wildman–Crippen LogP) is 2.55. The number of halogens is 1. The van der Waals surface area contributed by atoms with E-state index in [-0.39, 0.29) is 29.1 Å². The van der Waals surface area contributed by atoms with Crippen molar-refractivity contribution in [3.05, 3.63) is 65.6 Å². The van der Waals surface area contributed by atoms with Gasteiger partial charge in [0.2, 0.25) is 15.9 Å². The van der Waals surface area contributed by atoms with Gasteiger partial charge in [-0.3, -0.25) is 4.79 Å². The molecule has 1 aromatic heterocycles. The lowest BCUT2D eigenvalue weighted by molar-refractivity contribution is -0.126. The first-order chi connectivity index (χ1) is 14.6. The number of amides is 1. The summed E-state index contributed by atoms with van der Waals surface area (Å²) in [7, 11) is -3.78. The van der Waals surface area contributed by atoms with Crippen molar-refractivity contribution in [2.45, 2.75) is 38.3 Å². The Labute approximate surface area is 180 Å². The van der Waals surface area contributed by atoms with Crippen LogP contribution in [0, 0.1) is 18.7 Å². The van der Waals surface area contributed by atoms with Gasteiger partial charge in [-0.05, 0) is 42.2 Å². The van der Waals surface area contributed by atoms with Crippen LogP contribution in [-0.2, 0) is 21.4 Å². The largest absolute Gasteiger partial charge is 0.350 e. The summed E-state index contributed by atoms with van der Waals surface area (Å²) in [6.07, 6.45) is 1.63. The van der Waals surface area contributed by atoms with E-state index < -0.39 is 16.1 Å². The number of carbonyl (C=O) groups excluding carboxylic acids is 1. The summed E-state index contributed by atoms with van der Waals surface area (Å²) >= 11 is 0. The van der Waals surface area contributed by atoms with Gasteiger partial charge in [0, 0.05) is 12.1 Å². The minimum Gasteiger partial charge on any atom is -0.350 e. The summed E-state index contributed by atoms with van der Waals surface area (Å²) in [4.78, 5) is 12.8. The van der Waals surface area contributed by atoms with E-state index in [1.807, 2.05) is 13.8 Å². The van der Waals surface area contributed by atoms with Gasteiger partial charge in [-0.1, -0.05) is 43.3 Å². The quantitative estimate of drug-likeness (QED) is 0.579. The molecule has 3 aromatic rings. The van der Waals surface area contributed by atoms with Crippen molar-refractivity contribution in [2.75, 3.05) is 0 Å². The maximum Gasteiger partial charge on any atom is 0.245 e. The Bertz CT molecular complexity index is 1190. The van der Waals surface area contributed by atoms with Crippen LogP contribution in [0.25, 0.3) is 11.3 Å². The van der Waals surface area contributed by atoms with E-state index in [0.29, 0.717) is 22.4 Å². The van der Waals surface area contributed by atoms with Crippen molar-refractivity contribution in [2.24, 2.45) is 11.1 Å². The fourth-order valence-corrected chi connectivity index (χ4v) is 3.64. The number of rotatable bonds is 7. The van der Waals surface area contributed by atoms with Gasteiger partial charge in [-0.2, -0.15) is 0 Å². The summed E-state index contributed by atoms with van der Waals surface area (Å²) in [5, 5.41) is 16.1. The molecule has 1 heterocycles. The highest BCUT2D eigenvalue weighted by Crippen LogP contribution is 2.23. The topological polar surface area (TPSA) is 120 Å². The number of aromatic nitrogens is 3. The van der Waals surface area contributed by atoms with Gasteiger partial charge in [0.05, 0.1) is 11.1 Å². The second-order valence-electron chi connectivity index (χ2n) is 7.64. The predicted molar refractivity (Wildman–Crippen MR) is 114 cm³/mol. The van der Waals surface area contributed by atoms with Gasteiger partial charge in [-0.25, -0.2) is 22.6 Å². The number of benzene rings is 2. The van der Waals surface area contributed by atoms with Crippen LogP contribution in [-0.4, -0.2) is 29.3 Å². The molecule has 0 aliphatic rings. The van der Waals surface area contributed by atoms with Crippen molar-refractivity contribution in [3.63, 3.8) is 0 Å². The minimum atomic E-state index is -3.78. The van der Waals surface area contributed by atoms with Gasteiger partial charge in [0.25, 0.3) is 0 Å². The number of hydrogen-bond acceptors (Lipinski definition) is 5. The molecule has 8 nitrogen and oxygen atoms in total. The fourth-order valence-electron chi connectivity index (χ4n) is 3.13. The molecule has 0 fully saturated rings. The lowest BCUT2D eigenvalue weighted by Crippen LogP contribution is -2.35. The Hall–Kier alpha value is -3.11. The van der Waals surface area contributed by atoms with Gasteiger partial charge >= 0.3 is 0 Å². The van der Waals surface area contributed by atoms with E-state index in [1.54, 1.807) is 37.4 Å². The number of nitrogens with zero attached hydrogens (tertiary/aromatic N) is 3. The summed E-state index contributed by atoms with van der Waals surface area (Å²) < 4.78 is 38.0. The highest BCUT2D eigenvalue weighted by Gasteiger charge is 2.25. The van der Waals surface area contributed by atoms with Crippen LogP contribution in [0.1, 0.15) is 31.0 Å². The molecule has 1 atom stereocenters. The molecule has 0 unspecified atom stereocenters. The molecule has 1 amide bonds. The van der Waals surface area contributed by atoms with E-state index in [9.17, 15) is 17.6 Å². The molecular formula is C21H24FN5O3S. The highest BCUT2D eigenvalue weighted by atomic mass is 32.2. The van der Waals surface area contributed by atoms with Crippen LogP contribution in [0.2, 0.25) is 0 Å². The zero-order chi connectivity index (χ0) is 22.8. The number of nitrogens with two attached hydrogens (primary N) is 1. The van der Waals surface area contributed by atoms with E-state index >= 15 is 0 Å². The molecule has 0 saturated heterocycles. The third kappa shape index (κ3) is 5.33. The average molecular weight is 446 g/mol. The maximum absolute atomic E-state index is 13.7. The first-order valence-corrected chi connectivity index (χ1v) is 11.2. The number of nitrogens with one attached hydrogen (secondary N) is 1. The molecule has 3 rings (SSSR count). The highest BCUT2D eigenvalue weighted by molar-refractivity contribution is 7.89. The van der Waals surface area contributed by atoms with Crippen molar-refractivity contribution in [1.29, 1.82) is 0 Å². The average Bonchev–Trinajstić information content (AvgIpc) is 3.17. The molecule has 10 heteroatoms. The lowest BCUT2D eigenvalue weighted by Gasteiger charge is -2.20. The van der Waals surface area contributed by atoms with Crippen molar-refractivity contribution in [3.8, 4) is 11.3 Å². The molecule has 3 N–H and O–H groups in total. The monoisotopic (exact) mass is 445 g/mol. The molecule has 0 saturated carbocycles. The molecule has 2 aromatic carbocycles. The van der Waals surface area contributed by atoms with E-state index in [4.69, 9.17) is 5.14 Å². The van der Waals surface area contributed by atoms with Gasteiger partial charge in [0.1, 0.15) is 17.6 Å². The van der Waals surface area contributed by atoms with Crippen molar-refractivity contribution in [1.82, 2.24) is 20.3 Å². The van der Waals surface area contributed by atoms with Gasteiger partial charge in [-0.15, -0.1) is 5.10 Å². The Morgan fingerprint density at radius 1 is 1.19 bits per heavy atom. The van der Waals surface area contributed by atoms with Crippen LogP contribution in [0.4, 0.5) is 4.39 Å². The van der Waals surface area contributed by atoms with Crippen LogP contribution in [0.3, 0.4) is 0 Å². The van der Waals surface area contributed by atoms with Crippen molar-refractivity contribution < 1.29 is 17.6 Å². The number of hydrogen-bond donors (Lipinski definition) is 2. The van der Waals surface area contributed by atoms with Crippen molar-refractivity contribution >= 4 is 15.9 Å². The Morgan fingerprint density at radius 2 is 1.87 bits per heavy atom. The Kier molecular flexibility index (Phi) is 6.51. The minimum absolute atomic E-state index is 0.00406. The number of aryl methyl sites for hydroxylation is 1. The van der Waals surface area contributed by atoms with E-state index in [0.717, 1.165) is 0 Å². The standard InChI is InChI=1S/C21H24FN5O3S/c1-13(2)20(21(28)24-11-15-5-4-14(3)18(22)10-15)27-12-19(25-26-27)16-6-8-17(9-7-16)31(23,29)30/h4-10,12-13,20H,11H2,1-3H3,(H,24,28)(H2,23,29,30)/t20-/m0/s1. The van der Waals surface area contributed by atoms with Crippen LogP contribution < -0.4 is 10.5 Å². The zero-order valence-corrected chi connectivity index (χ0v) is 18.2. The molecule has 0 spiro atoms. The maximum atomic E-state index is 13.7. The lowest BCUT2D eigenvalue weighted by atomic mass is 10.0. The van der Waals surface area contributed by atoms with Crippen LogP contribution in [0.5, 0.6) is 0 Å². The fraction of sp³-hybridized carbons (Fsp3) is 0.286. The van der Waals surface area contributed by atoms with Gasteiger partial charge < -0.3 is 5.32 Å². The van der Waals surface area contributed by atoms with E-state index in [2.05, 4.69) is 15.6 Å². The molecule has 0 radical (unpaired) electrons. The summed E-state index contributed by atoms with van der Waals surface area (Å²) in [6.45, 7) is 5.64. The zero-order valence-electron chi connectivity index (χ0n) is 17.4.